The lowest BCUT2D eigenvalue weighted by molar-refractivity contribution is -0.0438. The second kappa shape index (κ2) is 7.82. The highest BCUT2D eigenvalue weighted by molar-refractivity contribution is 5.47. The topological polar surface area (TPSA) is 63.5 Å². The van der Waals surface area contributed by atoms with Crippen LogP contribution in [0, 0.1) is 11.3 Å². The number of nitriles is 1. The van der Waals surface area contributed by atoms with Crippen molar-refractivity contribution in [2.24, 2.45) is 0 Å². The molecule has 1 heterocycles. The number of methoxy groups -OCH3 is 1. The third-order valence-electron chi connectivity index (χ3n) is 3.97. The lowest BCUT2D eigenvalue weighted by Gasteiger charge is -2.32. The van der Waals surface area contributed by atoms with Gasteiger partial charge in [-0.3, -0.25) is 0 Å². The van der Waals surface area contributed by atoms with E-state index in [1.807, 2.05) is 30.3 Å². The highest BCUT2D eigenvalue weighted by Gasteiger charge is 2.28. The number of ether oxygens (including phenoxy) is 3. The van der Waals surface area contributed by atoms with Crippen LogP contribution >= 0.6 is 0 Å². The van der Waals surface area contributed by atoms with Crippen molar-refractivity contribution in [3.05, 3.63) is 59.7 Å². The van der Waals surface area contributed by atoms with E-state index in [2.05, 4.69) is 11.4 Å². The number of benzene rings is 2. The van der Waals surface area contributed by atoms with E-state index in [1.54, 1.807) is 25.3 Å². The molecule has 3 rings (SSSR count). The summed E-state index contributed by atoms with van der Waals surface area (Å²) in [5, 5.41) is 12.4. The van der Waals surface area contributed by atoms with Crippen molar-refractivity contribution < 1.29 is 14.2 Å². The van der Waals surface area contributed by atoms with Crippen LogP contribution in [0.15, 0.2) is 48.5 Å². The number of hydrogen-bond donors (Lipinski definition) is 1. The van der Waals surface area contributed by atoms with Crippen LogP contribution in [0.4, 0.5) is 0 Å². The van der Waals surface area contributed by atoms with E-state index in [-0.39, 0.29) is 12.2 Å². The van der Waals surface area contributed by atoms with Crippen LogP contribution in [0.5, 0.6) is 11.5 Å². The van der Waals surface area contributed by atoms with Crippen molar-refractivity contribution in [3.8, 4) is 17.6 Å². The van der Waals surface area contributed by atoms with Crippen LogP contribution in [-0.2, 0) is 4.74 Å². The maximum atomic E-state index is 9.04. The van der Waals surface area contributed by atoms with Crippen molar-refractivity contribution in [3.63, 3.8) is 0 Å². The fourth-order valence-corrected chi connectivity index (χ4v) is 2.75. The Morgan fingerprint density at radius 2 is 2.04 bits per heavy atom. The average Bonchev–Trinajstić information content (AvgIpc) is 2.67. The van der Waals surface area contributed by atoms with Crippen molar-refractivity contribution in [2.45, 2.75) is 12.2 Å². The first kappa shape index (κ1) is 16.3. The quantitative estimate of drug-likeness (QED) is 0.916. The second-order valence-electron chi connectivity index (χ2n) is 5.54. The minimum Gasteiger partial charge on any atom is -0.493 e. The van der Waals surface area contributed by atoms with Crippen molar-refractivity contribution in [1.82, 2.24) is 5.32 Å². The van der Waals surface area contributed by atoms with Crippen LogP contribution in [0.2, 0.25) is 0 Å². The van der Waals surface area contributed by atoms with Gasteiger partial charge in [-0.1, -0.05) is 30.3 Å². The van der Waals surface area contributed by atoms with E-state index in [9.17, 15) is 0 Å². The predicted octanol–water partition coefficient (Wildman–Crippen LogP) is 2.68. The number of rotatable bonds is 5. The van der Waals surface area contributed by atoms with Gasteiger partial charge in [0.2, 0.25) is 0 Å². The molecule has 0 saturated carbocycles. The smallest absolute Gasteiger partial charge is 0.162 e. The molecule has 0 spiro atoms. The van der Waals surface area contributed by atoms with Gasteiger partial charge in [-0.2, -0.15) is 5.26 Å². The van der Waals surface area contributed by atoms with Crippen LogP contribution in [-0.4, -0.2) is 32.9 Å². The third-order valence-corrected chi connectivity index (χ3v) is 3.97. The van der Waals surface area contributed by atoms with E-state index >= 15 is 0 Å². The summed E-state index contributed by atoms with van der Waals surface area (Å²) in [5.74, 6) is 1.14. The van der Waals surface area contributed by atoms with Gasteiger partial charge in [0.25, 0.3) is 0 Å². The van der Waals surface area contributed by atoms with Gasteiger partial charge >= 0.3 is 0 Å². The van der Waals surface area contributed by atoms with E-state index in [4.69, 9.17) is 19.5 Å². The first-order valence-electron chi connectivity index (χ1n) is 7.94. The Labute approximate surface area is 141 Å². The molecule has 0 aliphatic carbocycles. The molecule has 2 aromatic carbocycles. The Balaban J connectivity index is 1.90. The van der Waals surface area contributed by atoms with Gasteiger partial charge in [0.05, 0.1) is 25.3 Å². The van der Waals surface area contributed by atoms with Gasteiger partial charge in [0.15, 0.2) is 17.6 Å². The normalized spacial score (nSPS) is 18.4. The molecular formula is C19H20N2O3. The Hall–Kier alpha value is -2.55. The van der Waals surface area contributed by atoms with E-state index in [0.717, 1.165) is 18.7 Å². The van der Waals surface area contributed by atoms with Gasteiger partial charge < -0.3 is 19.5 Å². The monoisotopic (exact) mass is 324 g/mol. The van der Waals surface area contributed by atoms with Crippen LogP contribution in [0.1, 0.15) is 17.2 Å². The summed E-state index contributed by atoms with van der Waals surface area (Å²) in [7, 11) is 1.57. The third kappa shape index (κ3) is 3.67. The molecule has 5 nitrogen and oxygen atoms in total. The molecule has 1 aliphatic heterocycles. The molecule has 1 N–H and O–H groups in total. The first-order chi connectivity index (χ1) is 11.8. The first-order valence-corrected chi connectivity index (χ1v) is 7.94. The van der Waals surface area contributed by atoms with Gasteiger partial charge in [0, 0.05) is 19.2 Å². The van der Waals surface area contributed by atoms with Crippen molar-refractivity contribution in [1.29, 1.82) is 5.26 Å². The summed E-state index contributed by atoms with van der Waals surface area (Å²) in [4.78, 5) is 0. The summed E-state index contributed by atoms with van der Waals surface area (Å²) in [6.07, 6.45) is -0.359. The molecule has 0 aromatic heterocycles. The molecule has 1 aliphatic rings. The van der Waals surface area contributed by atoms with Crippen molar-refractivity contribution in [2.75, 3.05) is 26.8 Å². The van der Waals surface area contributed by atoms with E-state index in [0.29, 0.717) is 23.7 Å². The number of nitrogens with zero attached hydrogens (tertiary/aromatic N) is 1. The molecule has 0 radical (unpaired) electrons. The van der Waals surface area contributed by atoms with Gasteiger partial charge in [0.1, 0.15) is 6.10 Å². The minimum atomic E-state index is -0.263. The van der Waals surface area contributed by atoms with Crippen molar-refractivity contribution >= 4 is 0 Å². The average molecular weight is 324 g/mol. The molecule has 0 bridgehead atoms. The molecule has 2 unspecified atom stereocenters. The molecule has 24 heavy (non-hydrogen) atoms. The molecule has 2 aromatic rings. The fourth-order valence-electron chi connectivity index (χ4n) is 2.75. The largest absolute Gasteiger partial charge is 0.493 e. The Bertz CT molecular complexity index is 706. The molecule has 1 saturated heterocycles. The van der Waals surface area contributed by atoms with E-state index < -0.39 is 0 Å². The lowest BCUT2D eigenvalue weighted by atomic mass is 10.0. The number of hydrogen-bond acceptors (Lipinski definition) is 5. The van der Waals surface area contributed by atoms with Crippen LogP contribution in [0.3, 0.4) is 0 Å². The summed E-state index contributed by atoms with van der Waals surface area (Å²) >= 11 is 0. The second-order valence-corrected chi connectivity index (χ2v) is 5.54. The molecular weight excluding hydrogens is 304 g/mol. The number of nitrogens with one attached hydrogen (secondary N) is 1. The lowest BCUT2D eigenvalue weighted by Crippen LogP contribution is -2.43. The maximum Gasteiger partial charge on any atom is 0.162 e. The summed E-state index contributed by atoms with van der Waals surface area (Å²) in [6.45, 7) is 2.22. The van der Waals surface area contributed by atoms with Gasteiger partial charge in [-0.15, -0.1) is 0 Å². The Morgan fingerprint density at radius 3 is 2.71 bits per heavy atom. The minimum absolute atomic E-state index is 0.0958. The predicted molar refractivity (Wildman–Crippen MR) is 90.1 cm³/mol. The molecule has 0 amide bonds. The van der Waals surface area contributed by atoms with Gasteiger partial charge in [-0.25, -0.2) is 0 Å². The van der Waals surface area contributed by atoms with Crippen LogP contribution < -0.4 is 14.8 Å². The maximum absolute atomic E-state index is 9.04. The summed E-state index contributed by atoms with van der Waals surface area (Å²) in [5.41, 5.74) is 1.57. The Morgan fingerprint density at radius 1 is 1.21 bits per heavy atom. The summed E-state index contributed by atoms with van der Waals surface area (Å²) in [6, 6.07) is 17.3. The zero-order chi connectivity index (χ0) is 16.8. The standard InChI is InChI=1S/C19H20N2O3/c1-22-17-11-14(12-20)7-8-16(17)24-19(15-5-3-2-4-6-15)18-13-21-9-10-23-18/h2-8,11,18-19,21H,9-10,13H2,1H3. The summed E-state index contributed by atoms with van der Waals surface area (Å²) < 4.78 is 17.5. The van der Waals surface area contributed by atoms with Gasteiger partial charge in [-0.05, 0) is 17.7 Å². The SMILES string of the molecule is COc1cc(C#N)ccc1OC(c1ccccc1)C1CNCCO1. The zero-order valence-electron chi connectivity index (χ0n) is 13.6. The molecule has 2 atom stereocenters. The fraction of sp³-hybridized carbons (Fsp3) is 0.316. The highest BCUT2D eigenvalue weighted by Crippen LogP contribution is 2.34. The Kier molecular flexibility index (Phi) is 5.32. The zero-order valence-corrected chi connectivity index (χ0v) is 13.6. The highest BCUT2D eigenvalue weighted by atomic mass is 16.6. The molecule has 5 heteroatoms. The molecule has 124 valence electrons. The van der Waals surface area contributed by atoms with E-state index in [1.165, 1.54) is 0 Å². The van der Waals surface area contributed by atoms with Crippen LogP contribution in [0.25, 0.3) is 0 Å². The molecule has 1 fully saturated rings. The number of morpholine rings is 1.